The van der Waals surface area contributed by atoms with Crippen molar-refractivity contribution in [1.82, 2.24) is 20.9 Å². The van der Waals surface area contributed by atoms with E-state index in [0.29, 0.717) is 24.0 Å². The van der Waals surface area contributed by atoms with Crippen LogP contribution >= 0.6 is 0 Å². The average molecular weight is 686 g/mol. The van der Waals surface area contributed by atoms with E-state index in [1.54, 1.807) is 81.4 Å². The number of nitrogens with one attached hydrogen (secondary N) is 3. The van der Waals surface area contributed by atoms with E-state index in [1.807, 2.05) is 0 Å². The molecule has 2 aromatic rings. The molecule has 14 heteroatoms. The molecule has 49 heavy (non-hydrogen) atoms. The number of amides is 5. The standard InChI is InChI=1S/C35H48FN5O8/c1-35(2,3)40-32(45)28-19-25(48-17-11-10-16-36)21-41(28)33(46)30(43)26(18-23-12-6-4-7-13-23)38-31(44)27(20-29(37)42)39-34(47)49-22-24-14-8-5-9-15-24/h4-9,12-15,25-28,30,43H,10-11,16-22H2,1-3H3,(H2,37,42)(H,38,44)(H,39,47)(H,40,45)/t25?,26?,27-,28-,30?/m0/s1. The van der Waals surface area contributed by atoms with Crippen molar-refractivity contribution in [3.05, 3.63) is 71.8 Å². The Morgan fingerprint density at radius 3 is 2.20 bits per heavy atom. The number of hydrogen-bond donors (Lipinski definition) is 5. The summed E-state index contributed by atoms with van der Waals surface area (Å²) in [5, 5.41) is 19.4. The van der Waals surface area contributed by atoms with Crippen LogP contribution in [0.1, 0.15) is 57.6 Å². The third-order valence-corrected chi connectivity index (χ3v) is 7.72. The van der Waals surface area contributed by atoms with Crippen LogP contribution in [0.3, 0.4) is 0 Å². The summed E-state index contributed by atoms with van der Waals surface area (Å²) in [7, 11) is 0. The summed E-state index contributed by atoms with van der Waals surface area (Å²) in [5.74, 6) is -3.04. The predicted molar refractivity (Wildman–Crippen MR) is 178 cm³/mol. The molecule has 3 unspecified atom stereocenters. The van der Waals surface area contributed by atoms with Crippen molar-refractivity contribution in [2.45, 2.75) is 95.4 Å². The average Bonchev–Trinajstić information content (AvgIpc) is 3.49. The number of hydrogen-bond acceptors (Lipinski definition) is 8. The van der Waals surface area contributed by atoms with Crippen molar-refractivity contribution < 1.29 is 42.9 Å². The minimum Gasteiger partial charge on any atom is -0.445 e. The molecule has 5 amide bonds. The van der Waals surface area contributed by atoms with Gasteiger partial charge in [0.2, 0.25) is 17.7 Å². The number of alkyl halides is 1. The van der Waals surface area contributed by atoms with Gasteiger partial charge in [-0.15, -0.1) is 0 Å². The van der Waals surface area contributed by atoms with Crippen LogP contribution in [-0.4, -0.2) is 95.4 Å². The number of benzene rings is 2. The van der Waals surface area contributed by atoms with Crippen molar-refractivity contribution in [3.8, 4) is 0 Å². The molecular formula is C35H48FN5O8. The highest BCUT2D eigenvalue weighted by molar-refractivity contribution is 5.93. The first kappa shape index (κ1) is 38.9. The first-order valence-corrected chi connectivity index (χ1v) is 16.3. The number of likely N-dealkylation sites (tertiary alicyclic amines) is 1. The van der Waals surface area contributed by atoms with E-state index in [4.69, 9.17) is 15.2 Å². The number of ether oxygens (including phenoxy) is 2. The number of nitrogens with zero attached hydrogens (tertiary/aromatic N) is 1. The van der Waals surface area contributed by atoms with Crippen LogP contribution in [0.25, 0.3) is 0 Å². The second kappa shape index (κ2) is 18.8. The lowest BCUT2D eigenvalue weighted by Crippen LogP contribution is -2.59. The fourth-order valence-electron chi connectivity index (χ4n) is 5.36. The molecule has 13 nitrogen and oxygen atoms in total. The molecule has 1 aliphatic rings. The van der Waals surface area contributed by atoms with Gasteiger partial charge in [0, 0.05) is 25.1 Å². The molecule has 0 radical (unpaired) electrons. The molecule has 0 aliphatic carbocycles. The maximum Gasteiger partial charge on any atom is 0.408 e. The Hall–Kier alpha value is -4.56. The largest absolute Gasteiger partial charge is 0.445 e. The van der Waals surface area contributed by atoms with Crippen molar-refractivity contribution in [2.24, 2.45) is 5.73 Å². The number of alkyl carbamates (subject to hydrolysis) is 1. The minimum atomic E-state index is -1.85. The Morgan fingerprint density at radius 1 is 0.980 bits per heavy atom. The maximum atomic E-state index is 14.0. The molecule has 0 bridgehead atoms. The molecule has 1 aliphatic heterocycles. The lowest BCUT2D eigenvalue weighted by atomic mass is 9.99. The number of unbranched alkanes of at least 4 members (excludes halogenated alkanes) is 1. The van der Waals surface area contributed by atoms with Crippen LogP contribution in [0.5, 0.6) is 0 Å². The highest BCUT2D eigenvalue weighted by atomic mass is 19.1. The molecule has 2 aromatic carbocycles. The van der Waals surface area contributed by atoms with Gasteiger partial charge in [0.1, 0.15) is 18.7 Å². The molecule has 3 rings (SSSR count). The lowest BCUT2D eigenvalue weighted by Gasteiger charge is -2.32. The third-order valence-electron chi connectivity index (χ3n) is 7.72. The number of halogens is 1. The highest BCUT2D eigenvalue weighted by Gasteiger charge is 2.44. The van der Waals surface area contributed by atoms with Crippen molar-refractivity contribution >= 4 is 29.7 Å². The van der Waals surface area contributed by atoms with Crippen LogP contribution in [0.2, 0.25) is 0 Å². The quantitative estimate of drug-likeness (QED) is 0.156. The molecule has 1 heterocycles. The summed E-state index contributed by atoms with van der Waals surface area (Å²) in [5.41, 5.74) is 6.13. The van der Waals surface area contributed by atoms with Crippen molar-refractivity contribution in [2.75, 3.05) is 19.8 Å². The fourth-order valence-corrected chi connectivity index (χ4v) is 5.36. The number of carbonyl (C=O) groups is 5. The van der Waals surface area contributed by atoms with Crippen LogP contribution < -0.4 is 21.7 Å². The highest BCUT2D eigenvalue weighted by Crippen LogP contribution is 2.24. The normalized spacial score (nSPS) is 17.8. The molecule has 0 spiro atoms. The van der Waals surface area contributed by atoms with E-state index < -0.39 is 78.7 Å². The Balaban J connectivity index is 1.81. The van der Waals surface area contributed by atoms with E-state index in [9.17, 15) is 33.5 Å². The molecule has 0 aromatic heterocycles. The van der Waals surface area contributed by atoms with Gasteiger partial charge in [-0.3, -0.25) is 23.6 Å². The SMILES string of the molecule is CC(C)(C)NC(=O)[C@@H]1CC(OCCCCF)CN1C(=O)C(O)C(Cc1ccccc1)NC(=O)[C@H](CC(N)=O)NC(=O)OCc1ccccc1. The third kappa shape index (κ3) is 13.1. The van der Waals surface area contributed by atoms with E-state index in [2.05, 4.69) is 16.0 Å². The number of carbonyl (C=O) groups excluding carboxylic acids is 5. The van der Waals surface area contributed by atoms with E-state index in [1.165, 1.54) is 4.90 Å². The van der Waals surface area contributed by atoms with E-state index >= 15 is 0 Å². The van der Waals surface area contributed by atoms with Gasteiger partial charge < -0.3 is 41.2 Å². The Bertz CT molecular complexity index is 1390. The summed E-state index contributed by atoms with van der Waals surface area (Å²) in [4.78, 5) is 66.6. The molecule has 0 saturated carbocycles. The van der Waals surface area contributed by atoms with Crippen molar-refractivity contribution in [3.63, 3.8) is 0 Å². The van der Waals surface area contributed by atoms with Crippen LogP contribution in [0.15, 0.2) is 60.7 Å². The number of rotatable bonds is 17. The second-order valence-corrected chi connectivity index (χ2v) is 13.0. The van der Waals surface area contributed by atoms with Gasteiger partial charge in [-0.1, -0.05) is 60.7 Å². The minimum absolute atomic E-state index is 0.0150. The van der Waals surface area contributed by atoms with Gasteiger partial charge in [0.25, 0.3) is 5.91 Å². The molecule has 1 fully saturated rings. The number of nitrogens with two attached hydrogens (primary N) is 1. The number of aliphatic hydroxyl groups is 1. The summed E-state index contributed by atoms with van der Waals surface area (Å²) in [6.45, 7) is 5.03. The van der Waals surface area contributed by atoms with E-state index in [0.717, 1.165) is 0 Å². The van der Waals surface area contributed by atoms with Gasteiger partial charge in [-0.2, -0.15) is 0 Å². The fraction of sp³-hybridized carbons (Fsp3) is 0.514. The summed E-state index contributed by atoms with van der Waals surface area (Å²) in [6.07, 6.45) is -3.04. The second-order valence-electron chi connectivity index (χ2n) is 13.0. The Labute approximate surface area is 286 Å². The Kier molecular flexibility index (Phi) is 15.0. The first-order chi connectivity index (χ1) is 23.3. The summed E-state index contributed by atoms with van der Waals surface area (Å²) >= 11 is 0. The molecule has 5 atom stereocenters. The van der Waals surface area contributed by atoms with Gasteiger partial charge >= 0.3 is 6.09 Å². The molecular weight excluding hydrogens is 637 g/mol. The zero-order chi connectivity index (χ0) is 36.0. The van der Waals surface area contributed by atoms with Gasteiger partial charge in [0.15, 0.2) is 6.10 Å². The predicted octanol–water partition coefficient (Wildman–Crippen LogP) is 1.90. The summed E-state index contributed by atoms with van der Waals surface area (Å²) < 4.78 is 23.7. The number of primary amides is 1. The van der Waals surface area contributed by atoms with Crippen molar-refractivity contribution in [1.29, 1.82) is 0 Å². The van der Waals surface area contributed by atoms with Gasteiger partial charge in [-0.05, 0) is 51.2 Å². The maximum absolute atomic E-state index is 14.0. The smallest absolute Gasteiger partial charge is 0.408 e. The van der Waals surface area contributed by atoms with Crippen LogP contribution in [-0.2, 0) is 41.7 Å². The monoisotopic (exact) mass is 685 g/mol. The Morgan fingerprint density at radius 2 is 1.61 bits per heavy atom. The van der Waals surface area contributed by atoms with Gasteiger partial charge in [0.05, 0.1) is 25.2 Å². The molecule has 1 saturated heterocycles. The van der Waals surface area contributed by atoms with Crippen LogP contribution in [0.4, 0.5) is 9.18 Å². The molecule has 268 valence electrons. The molecule has 6 N–H and O–H groups in total. The number of aliphatic hydroxyl groups excluding tert-OH is 1. The van der Waals surface area contributed by atoms with Crippen LogP contribution in [0, 0.1) is 0 Å². The first-order valence-electron chi connectivity index (χ1n) is 16.3. The van der Waals surface area contributed by atoms with E-state index in [-0.39, 0.29) is 32.6 Å². The summed E-state index contributed by atoms with van der Waals surface area (Å²) in [6, 6.07) is 13.9. The zero-order valence-corrected chi connectivity index (χ0v) is 28.2. The van der Waals surface area contributed by atoms with Gasteiger partial charge in [-0.25, -0.2) is 4.79 Å². The lowest BCUT2D eigenvalue weighted by molar-refractivity contribution is -0.147. The zero-order valence-electron chi connectivity index (χ0n) is 28.2. The topological polar surface area (TPSA) is 189 Å².